The largest absolute Gasteiger partial charge is 0.379 e. The van der Waals surface area contributed by atoms with E-state index in [1.54, 1.807) is 0 Å². The van der Waals surface area contributed by atoms with E-state index in [2.05, 4.69) is 44.0 Å². The van der Waals surface area contributed by atoms with Crippen molar-refractivity contribution >= 4 is 5.95 Å². The quantitative estimate of drug-likeness (QED) is 0.852. The highest BCUT2D eigenvalue weighted by molar-refractivity contribution is 5.36. The lowest BCUT2D eigenvalue weighted by atomic mass is 9.98. The van der Waals surface area contributed by atoms with Crippen molar-refractivity contribution in [2.75, 3.05) is 37.7 Å². The number of hydrogen-bond acceptors (Lipinski definition) is 5. The van der Waals surface area contributed by atoms with Crippen molar-refractivity contribution in [3.8, 4) is 0 Å². The molecular weight excluding hydrogens is 319 g/mol. The summed E-state index contributed by atoms with van der Waals surface area (Å²) in [5.41, 5.74) is 1.31. The Morgan fingerprint density at radius 2 is 1.76 bits per heavy atom. The molecule has 5 nitrogen and oxygen atoms in total. The maximum absolute atomic E-state index is 13.2. The standard InChI is InChI=1S/C19H23FN4O/c20-16-13-21-19(22-14-16)24-7-6-17(23-8-10-25-11-9-23)18(24)12-15-4-2-1-3-5-15/h1-5,13-14,17-18H,6-12H2/t17-,18+/m1/s1. The van der Waals surface area contributed by atoms with E-state index < -0.39 is 5.82 Å². The first-order valence-electron chi connectivity index (χ1n) is 8.91. The van der Waals surface area contributed by atoms with Crippen LogP contribution in [0.15, 0.2) is 42.7 Å². The summed E-state index contributed by atoms with van der Waals surface area (Å²) in [6.45, 7) is 4.41. The Kier molecular flexibility index (Phi) is 4.90. The van der Waals surface area contributed by atoms with E-state index in [9.17, 15) is 4.39 Å². The van der Waals surface area contributed by atoms with Gasteiger partial charge in [0.15, 0.2) is 5.82 Å². The minimum absolute atomic E-state index is 0.283. The average Bonchev–Trinajstić information content (AvgIpc) is 3.07. The Bertz CT molecular complexity index is 676. The van der Waals surface area contributed by atoms with Crippen LogP contribution < -0.4 is 4.90 Å². The summed E-state index contributed by atoms with van der Waals surface area (Å²) >= 11 is 0. The zero-order chi connectivity index (χ0) is 17.1. The monoisotopic (exact) mass is 342 g/mol. The molecule has 2 aliphatic heterocycles. The smallest absolute Gasteiger partial charge is 0.225 e. The lowest BCUT2D eigenvalue weighted by Gasteiger charge is -2.37. The average molecular weight is 342 g/mol. The number of nitrogens with zero attached hydrogens (tertiary/aromatic N) is 4. The van der Waals surface area contributed by atoms with Crippen LogP contribution in [0.5, 0.6) is 0 Å². The number of morpholine rings is 1. The van der Waals surface area contributed by atoms with Crippen molar-refractivity contribution in [1.82, 2.24) is 14.9 Å². The van der Waals surface area contributed by atoms with Gasteiger partial charge in [-0.25, -0.2) is 14.4 Å². The second-order valence-electron chi connectivity index (χ2n) is 6.66. The Morgan fingerprint density at radius 3 is 2.48 bits per heavy atom. The van der Waals surface area contributed by atoms with E-state index in [-0.39, 0.29) is 6.04 Å². The molecule has 0 spiro atoms. The Labute approximate surface area is 147 Å². The van der Waals surface area contributed by atoms with Crippen LogP contribution in [0.25, 0.3) is 0 Å². The van der Waals surface area contributed by atoms with Crippen LogP contribution in [0.2, 0.25) is 0 Å². The van der Waals surface area contributed by atoms with Crippen molar-refractivity contribution in [2.24, 2.45) is 0 Å². The minimum Gasteiger partial charge on any atom is -0.379 e. The van der Waals surface area contributed by atoms with Gasteiger partial charge in [-0.15, -0.1) is 0 Å². The van der Waals surface area contributed by atoms with Gasteiger partial charge in [0, 0.05) is 25.7 Å². The number of aromatic nitrogens is 2. The maximum atomic E-state index is 13.2. The van der Waals surface area contributed by atoms with Gasteiger partial charge in [0.2, 0.25) is 5.95 Å². The molecule has 0 saturated carbocycles. The molecule has 0 N–H and O–H groups in total. The molecule has 2 atom stereocenters. The predicted octanol–water partition coefficient (Wildman–Crippen LogP) is 2.14. The number of ether oxygens (including phenoxy) is 1. The Balaban J connectivity index is 1.60. The third kappa shape index (κ3) is 3.65. The fraction of sp³-hybridized carbons (Fsp3) is 0.474. The predicted molar refractivity (Wildman–Crippen MR) is 94.1 cm³/mol. The molecule has 4 rings (SSSR count). The molecule has 0 unspecified atom stereocenters. The van der Waals surface area contributed by atoms with Gasteiger partial charge in [0.25, 0.3) is 0 Å². The number of hydrogen-bond donors (Lipinski definition) is 0. The Hall–Kier alpha value is -2.05. The molecule has 1 aromatic heterocycles. The summed E-state index contributed by atoms with van der Waals surface area (Å²) in [6.07, 6.45) is 4.51. The molecule has 3 heterocycles. The number of halogens is 1. The number of rotatable bonds is 4. The summed E-state index contributed by atoms with van der Waals surface area (Å²) in [5.74, 6) is 0.227. The molecule has 2 fully saturated rings. The van der Waals surface area contributed by atoms with Crippen molar-refractivity contribution in [2.45, 2.75) is 24.9 Å². The van der Waals surface area contributed by atoms with Crippen LogP contribution in [0.1, 0.15) is 12.0 Å². The van der Waals surface area contributed by atoms with Crippen LogP contribution >= 0.6 is 0 Å². The van der Waals surface area contributed by atoms with Gasteiger partial charge in [0.05, 0.1) is 31.6 Å². The number of benzene rings is 1. The molecule has 1 aromatic carbocycles. The first-order valence-corrected chi connectivity index (χ1v) is 8.91. The maximum Gasteiger partial charge on any atom is 0.225 e. The van der Waals surface area contributed by atoms with Crippen LogP contribution in [-0.2, 0) is 11.2 Å². The summed E-state index contributed by atoms with van der Waals surface area (Å²) in [6, 6.07) is 11.2. The third-order valence-corrected chi connectivity index (χ3v) is 5.18. The molecule has 0 radical (unpaired) electrons. The van der Waals surface area contributed by atoms with Crippen molar-refractivity contribution in [1.29, 1.82) is 0 Å². The highest BCUT2D eigenvalue weighted by Gasteiger charge is 2.39. The van der Waals surface area contributed by atoms with E-state index in [0.29, 0.717) is 12.0 Å². The highest BCUT2D eigenvalue weighted by atomic mass is 19.1. The van der Waals surface area contributed by atoms with E-state index in [0.717, 1.165) is 45.7 Å². The summed E-state index contributed by atoms with van der Waals surface area (Å²) in [7, 11) is 0. The zero-order valence-electron chi connectivity index (χ0n) is 14.2. The lowest BCUT2D eigenvalue weighted by molar-refractivity contribution is 0.0149. The molecule has 2 aromatic rings. The van der Waals surface area contributed by atoms with Crippen LogP contribution in [0, 0.1) is 5.82 Å². The van der Waals surface area contributed by atoms with Gasteiger partial charge in [-0.05, 0) is 18.4 Å². The molecule has 132 valence electrons. The topological polar surface area (TPSA) is 41.5 Å². The van der Waals surface area contributed by atoms with Gasteiger partial charge in [0.1, 0.15) is 0 Å². The van der Waals surface area contributed by atoms with Gasteiger partial charge in [-0.1, -0.05) is 30.3 Å². The first kappa shape index (κ1) is 16.4. The van der Waals surface area contributed by atoms with Crippen LogP contribution in [0.3, 0.4) is 0 Å². The minimum atomic E-state index is -0.396. The number of anilines is 1. The fourth-order valence-electron chi connectivity index (χ4n) is 3.98. The van der Waals surface area contributed by atoms with Crippen molar-refractivity contribution in [3.05, 3.63) is 54.1 Å². The SMILES string of the molecule is Fc1cnc(N2CC[C@@H](N3CCOCC3)[C@@H]2Cc2ccccc2)nc1. The summed E-state index contributed by atoms with van der Waals surface area (Å²) in [4.78, 5) is 13.2. The molecule has 2 aliphatic rings. The van der Waals surface area contributed by atoms with Gasteiger partial charge < -0.3 is 9.64 Å². The molecule has 25 heavy (non-hydrogen) atoms. The Morgan fingerprint density at radius 1 is 1.04 bits per heavy atom. The van der Waals surface area contributed by atoms with Crippen LogP contribution in [0.4, 0.5) is 10.3 Å². The molecule has 0 aliphatic carbocycles. The second-order valence-corrected chi connectivity index (χ2v) is 6.66. The highest BCUT2D eigenvalue weighted by Crippen LogP contribution is 2.29. The molecule has 0 amide bonds. The fourth-order valence-corrected chi connectivity index (χ4v) is 3.98. The van der Waals surface area contributed by atoms with Crippen LogP contribution in [-0.4, -0.2) is 59.8 Å². The molecule has 0 bridgehead atoms. The van der Waals surface area contributed by atoms with E-state index >= 15 is 0 Å². The summed E-state index contributed by atoms with van der Waals surface area (Å²) < 4.78 is 18.7. The van der Waals surface area contributed by atoms with E-state index in [1.165, 1.54) is 18.0 Å². The normalized spacial score (nSPS) is 24.6. The van der Waals surface area contributed by atoms with Crippen molar-refractivity contribution in [3.63, 3.8) is 0 Å². The summed E-state index contributed by atoms with van der Waals surface area (Å²) in [5, 5.41) is 0. The van der Waals surface area contributed by atoms with Gasteiger partial charge in [-0.2, -0.15) is 0 Å². The molecule has 2 saturated heterocycles. The zero-order valence-corrected chi connectivity index (χ0v) is 14.2. The van der Waals surface area contributed by atoms with E-state index in [1.807, 2.05) is 6.07 Å². The molecular formula is C19H23FN4O. The van der Waals surface area contributed by atoms with Gasteiger partial charge >= 0.3 is 0 Å². The van der Waals surface area contributed by atoms with E-state index in [4.69, 9.17) is 4.74 Å². The van der Waals surface area contributed by atoms with Gasteiger partial charge in [-0.3, -0.25) is 4.90 Å². The lowest BCUT2D eigenvalue weighted by Crippen LogP contribution is -2.50. The molecule has 6 heteroatoms. The second kappa shape index (κ2) is 7.45. The third-order valence-electron chi connectivity index (χ3n) is 5.18. The first-order chi connectivity index (χ1) is 12.3. The van der Waals surface area contributed by atoms with Crippen molar-refractivity contribution < 1.29 is 9.13 Å².